The van der Waals surface area contributed by atoms with Gasteiger partial charge in [-0.05, 0) is 31.6 Å². The van der Waals surface area contributed by atoms with Crippen molar-refractivity contribution >= 4 is 0 Å². The van der Waals surface area contributed by atoms with Gasteiger partial charge in [-0.15, -0.1) is 0 Å². The maximum atomic E-state index is 6.14. The average Bonchev–Trinajstić information content (AvgIpc) is 2.70. The van der Waals surface area contributed by atoms with Crippen molar-refractivity contribution < 1.29 is 4.74 Å². The summed E-state index contributed by atoms with van der Waals surface area (Å²) in [6, 6.07) is 0.295. The van der Waals surface area contributed by atoms with Crippen molar-refractivity contribution in [3.8, 4) is 0 Å². The maximum absolute atomic E-state index is 6.14. The molecule has 0 aromatic heterocycles. The first-order valence-corrected chi connectivity index (χ1v) is 5.07. The second kappa shape index (κ2) is 3.00. The summed E-state index contributed by atoms with van der Waals surface area (Å²) >= 11 is 0. The van der Waals surface area contributed by atoms with Gasteiger partial charge in [0.1, 0.15) is 0 Å². The van der Waals surface area contributed by atoms with Gasteiger partial charge in [0.25, 0.3) is 0 Å². The Hall–Kier alpha value is -0.0800. The van der Waals surface area contributed by atoms with E-state index in [9.17, 15) is 0 Å². The molecule has 2 rings (SSSR count). The molecule has 2 saturated carbocycles. The highest BCUT2D eigenvalue weighted by atomic mass is 16.5. The van der Waals surface area contributed by atoms with E-state index < -0.39 is 0 Å². The summed E-state index contributed by atoms with van der Waals surface area (Å²) < 4.78 is 5.54. The van der Waals surface area contributed by atoms with E-state index in [2.05, 4.69) is 0 Å². The normalized spacial score (nSPS) is 29.5. The lowest BCUT2D eigenvalue weighted by atomic mass is 9.73. The lowest BCUT2D eigenvalue weighted by Gasteiger charge is -2.45. The summed E-state index contributed by atoms with van der Waals surface area (Å²) in [6.45, 7) is 0. The predicted molar refractivity (Wildman–Crippen MR) is 48.9 cm³/mol. The van der Waals surface area contributed by atoms with Crippen LogP contribution >= 0.6 is 0 Å². The van der Waals surface area contributed by atoms with Crippen LogP contribution in [0.15, 0.2) is 0 Å². The molecule has 0 heterocycles. The predicted octanol–water partition coefficient (Wildman–Crippen LogP) is 1.68. The monoisotopic (exact) mass is 169 g/mol. The van der Waals surface area contributed by atoms with Gasteiger partial charge in [0.15, 0.2) is 0 Å². The highest BCUT2D eigenvalue weighted by molar-refractivity contribution is 4.99. The van der Waals surface area contributed by atoms with Gasteiger partial charge in [0.05, 0.1) is 5.60 Å². The second-order valence-corrected chi connectivity index (χ2v) is 4.41. The van der Waals surface area contributed by atoms with Crippen molar-refractivity contribution in [1.29, 1.82) is 0 Å². The number of ether oxygens (including phenoxy) is 1. The Kier molecular flexibility index (Phi) is 2.13. The van der Waals surface area contributed by atoms with Crippen LogP contribution in [0.1, 0.15) is 38.5 Å². The molecule has 2 N–H and O–H groups in total. The lowest BCUT2D eigenvalue weighted by molar-refractivity contribution is -0.0923. The van der Waals surface area contributed by atoms with E-state index in [0.29, 0.717) is 6.04 Å². The van der Waals surface area contributed by atoms with E-state index in [4.69, 9.17) is 10.5 Å². The average molecular weight is 169 g/mol. The number of hydrogen-bond donors (Lipinski definition) is 1. The molecule has 0 bridgehead atoms. The zero-order chi connectivity index (χ0) is 8.60. The second-order valence-electron chi connectivity index (χ2n) is 4.41. The van der Waals surface area contributed by atoms with Crippen LogP contribution in [0.2, 0.25) is 0 Å². The SMILES string of the molecule is COC1(C(N)CC2CC2)CCC1. The van der Waals surface area contributed by atoms with Gasteiger partial charge in [0.2, 0.25) is 0 Å². The molecule has 2 aliphatic rings. The van der Waals surface area contributed by atoms with Gasteiger partial charge in [-0.25, -0.2) is 0 Å². The van der Waals surface area contributed by atoms with Gasteiger partial charge in [-0.3, -0.25) is 0 Å². The zero-order valence-corrected chi connectivity index (χ0v) is 7.88. The zero-order valence-electron chi connectivity index (χ0n) is 7.88. The highest BCUT2D eigenvalue weighted by Gasteiger charge is 2.44. The van der Waals surface area contributed by atoms with Crippen molar-refractivity contribution in [1.82, 2.24) is 0 Å². The third-order valence-electron chi connectivity index (χ3n) is 3.57. The van der Waals surface area contributed by atoms with Crippen LogP contribution in [0.4, 0.5) is 0 Å². The fourth-order valence-corrected chi connectivity index (χ4v) is 2.18. The molecule has 0 radical (unpaired) electrons. The summed E-state index contributed by atoms with van der Waals surface area (Å²) in [5.41, 5.74) is 6.21. The number of nitrogens with two attached hydrogens (primary N) is 1. The summed E-state index contributed by atoms with van der Waals surface area (Å²) in [4.78, 5) is 0. The smallest absolute Gasteiger partial charge is 0.0829 e. The molecular formula is C10H19NO. The van der Waals surface area contributed by atoms with Crippen LogP contribution in [-0.4, -0.2) is 18.8 Å². The molecule has 0 saturated heterocycles. The van der Waals surface area contributed by atoms with Crippen LogP contribution in [0.25, 0.3) is 0 Å². The largest absolute Gasteiger partial charge is 0.377 e. The van der Waals surface area contributed by atoms with Gasteiger partial charge >= 0.3 is 0 Å². The number of rotatable bonds is 4. The molecule has 0 aromatic carbocycles. The Morgan fingerprint density at radius 3 is 2.50 bits per heavy atom. The first-order chi connectivity index (χ1) is 5.77. The van der Waals surface area contributed by atoms with Crippen LogP contribution in [0.3, 0.4) is 0 Å². The van der Waals surface area contributed by atoms with E-state index in [0.717, 1.165) is 5.92 Å². The first kappa shape index (κ1) is 8.52. The Bertz CT molecular complexity index is 156. The molecule has 2 heteroatoms. The molecule has 0 amide bonds. The first-order valence-electron chi connectivity index (χ1n) is 5.07. The maximum Gasteiger partial charge on any atom is 0.0829 e. The minimum Gasteiger partial charge on any atom is -0.377 e. The molecule has 0 aromatic rings. The van der Waals surface area contributed by atoms with Crippen molar-refractivity contribution in [3.63, 3.8) is 0 Å². The molecule has 2 nitrogen and oxygen atoms in total. The van der Waals surface area contributed by atoms with E-state index >= 15 is 0 Å². The number of methoxy groups -OCH3 is 1. The van der Waals surface area contributed by atoms with Crippen LogP contribution < -0.4 is 5.73 Å². The number of hydrogen-bond acceptors (Lipinski definition) is 2. The minimum absolute atomic E-state index is 0.0720. The Balaban J connectivity index is 1.86. The van der Waals surface area contributed by atoms with Crippen molar-refractivity contribution in [2.75, 3.05) is 7.11 Å². The van der Waals surface area contributed by atoms with Crippen molar-refractivity contribution in [3.05, 3.63) is 0 Å². The molecule has 0 spiro atoms. The molecule has 12 heavy (non-hydrogen) atoms. The third-order valence-corrected chi connectivity index (χ3v) is 3.57. The molecule has 1 atom stereocenters. The minimum atomic E-state index is 0.0720. The Morgan fingerprint density at radius 1 is 1.50 bits per heavy atom. The summed E-state index contributed by atoms with van der Waals surface area (Å²) in [6.07, 6.45) is 7.63. The van der Waals surface area contributed by atoms with Crippen LogP contribution in [0, 0.1) is 5.92 Å². The van der Waals surface area contributed by atoms with Gasteiger partial charge in [-0.2, -0.15) is 0 Å². The lowest BCUT2D eigenvalue weighted by Crippen LogP contribution is -2.54. The topological polar surface area (TPSA) is 35.2 Å². The fraction of sp³-hybridized carbons (Fsp3) is 1.00. The van der Waals surface area contributed by atoms with Crippen molar-refractivity contribution in [2.24, 2.45) is 11.7 Å². The summed E-state index contributed by atoms with van der Waals surface area (Å²) in [7, 11) is 1.81. The molecule has 2 fully saturated rings. The van der Waals surface area contributed by atoms with E-state index in [1.165, 1.54) is 38.5 Å². The molecule has 0 aliphatic heterocycles. The van der Waals surface area contributed by atoms with Gasteiger partial charge in [-0.1, -0.05) is 12.8 Å². The Labute approximate surface area is 74.5 Å². The van der Waals surface area contributed by atoms with Gasteiger partial charge in [0, 0.05) is 13.2 Å². The van der Waals surface area contributed by atoms with Crippen LogP contribution in [0.5, 0.6) is 0 Å². The summed E-state index contributed by atoms with van der Waals surface area (Å²) in [5.74, 6) is 0.924. The molecule has 70 valence electrons. The van der Waals surface area contributed by atoms with E-state index in [-0.39, 0.29) is 5.60 Å². The summed E-state index contributed by atoms with van der Waals surface area (Å²) in [5, 5.41) is 0. The third kappa shape index (κ3) is 1.38. The van der Waals surface area contributed by atoms with E-state index in [1.54, 1.807) is 0 Å². The molecule has 1 unspecified atom stereocenters. The molecule has 2 aliphatic carbocycles. The van der Waals surface area contributed by atoms with E-state index in [1.807, 2.05) is 7.11 Å². The van der Waals surface area contributed by atoms with Crippen LogP contribution in [-0.2, 0) is 4.74 Å². The standard InChI is InChI=1S/C10H19NO/c1-12-10(5-2-6-10)9(11)7-8-3-4-8/h8-9H,2-7,11H2,1H3. The quantitative estimate of drug-likeness (QED) is 0.695. The Morgan fingerprint density at radius 2 is 2.17 bits per heavy atom. The van der Waals surface area contributed by atoms with Crippen molar-refractivity contribution in [2.45, 2.75) is 50.2 Å². The fourth-order valence-electron chi connectivity index (χ4n) is 2.18. The van der Waals surface area contributed by atoms with Gasteiger partial charge < -0.3 is 10.5 Å². The molecular weight excluding hydrogens is 150 g/mol. The highest BCUT2D eigenvalue weighted by Crippen LogP contribution is 2.42.